The molecule has 0 aromatic heterocycles. The van der Waals surface area contributed by atoms with Crippen molar-refractivity contribution in [3.63, 3.8) is 0 Å². The zero-order valence-corrected chi connectivity index (χ0v) is 18.1. The van der Waals surface area contributed by atoms with Crippen molar-refractivity contribution in [2.75, 3.05) is 16.8 Å². The van der Waals surface area contributed by atoms with Crippen LogP contribution in [0.25, 0.3) is 0 Å². The molecule has 5 rings (SSSR count). The van der Waals surface area contributed by atoms with Crippen LogP contribution in [0.4, 0.5) is 16.2 Å². The highest BCUT2D eigenvalue weighted by atomic mass is 16.2. The summed E-state index contributed by atoms with van der Waals surface area (Å²) < 4.78 is 0. The lowest BCUT2D eigenvalue weighted by Gasteiger charge is -2.33. The first-order valence-corrected chi connectivity index (χ1v) is 11.0. The van der Waals surface area contributed by atoms with Crippen molar-refractivity contribution in [1.29, 1.82) is 0 Å². The van der Waals surface area contributed by atoms with Crippen molar-refractivity contribution in [1.82, 2.24) is 5.32 Å². The first kappa shape index (κ1) is 20.1. The SMILES string of the molecule is Cc1cccc(NC(=O)N[C@@H]2N=C(c3ccccc3)c3ccccc3N3CCCC=C23)c1. The number of nitrogens with zero attached hydrogens (tertiary/aromatic N) is 2. The molecule has 160 valence electrons. The van der Waals surface area contributed by atoms with Crippen LogP contribution in [0.3, 0.4) is 0 Å². The lowest BCUT2D eigenvalue weighted by Crippen LogP contribution is -2.43. The topological polar surface area (TPSA) is 56.7 Å². The van der Waals surface area contributed by atoms with Gasteiger partial charge in [-0.05, 0) is 43.5 Å². The van der Waals surface area contributed by atoms with E-state index in [4.69, 9.17) is 4.99 Å². The summed E-state index contributed by atoms with van der Waals surface area (Å²) in [6, 6.07) is 26.0. The molecule has 3 aromatic carbocycles. The number of aryl methyl sites for hydroxylation is 1. The molecular weight excluding hydrogens is 396 g/mol. The Balaban J connectivity index is 1.55. The first-order valence-electron chi connectivity index (χ1n) is 11.0. The molecule has 2 aliphatic heterocycles. The molecule has 2 amide bonds. The summed E-state index contributed by atoms with van der Waals surface area (Å²) in [5, 5.41) is 6.07. The maximum atomic E-state index is 13.0. The molecule has 32 heavy (non-hydrogen) atoms. The number of carbonyl (C=O) groups is 1. The number of allylic oxidation sites excluding steroid dienone is 1. The molecule has 0 radical (unpaired) electrons. The molecule has 0 spiro atoms. The molecule has 0 unspecified atom stereocenters. The number of anilines is 2. The third-order valence-electron chi connectivity index (χ3n) is 5.83. The highest BCUT2D eigenvalue weighted by Gasteiger charge is 2.31. The summed E-state index contributed by atoms with van der Waals surface area (Å²) in [4.78, 5) is 20.4. The van der Waals surface area contributed by atoms with E-state index in [1.807, 2.05) is 55.5 Å². The standard InChI is InChI=1S/C27H26N4O/c1-19-10-9-13-21(18-19)28-27(32)30-26-24-16-7-8-17-31(24)23-15-6-5-14-22(23)25(29-26)20-11-3-2-4-12-20/h2-6,9-16,18,26H,7-8,17H2,1H3,(H2,28,30,32)/t26-/m0/s1. The fourth-order valence-corrected chi connectivity index (χ4v) is 4.38. The van der Waals surface area contributed by atoms with Gasteiger partial charge in [-0.2, -0.15) is 0 Å². The van der Waals surface area contributed by atoms with Gasteiger partial charge in [0.2, 0.25) is 0 Å². The number of para-hydroxylation sites is 1. The molecule has 0 saturated carbocycles. The van der Waals surface area contributed by atoms with E-state index < -0.39 is 6.17 Å². The van der Waals surface area contributed by atoms with Gasteiger partial charge in [0.15, 0.2) is 6.17 Å². The molecule has 5 nitrogen and oxygen atoms in total. The number of nitrogens with one attached hydrogen (secondary N) is 2. The zero-order chi connectivity index (χ0) is 21.9. The quantitative estimate of drug-likeness (QED) is 0.587. The van der Waals surface area contributed by atoms with E-state index in [2.05, 4.69) is 51.9 Å². The molecule has 0 fully saturated rings. The number of urea groups is 1. The van der Waals surface area contributed by atoms with Crippen LogP contribution in [-0.2, 0) is 0 Å². The second kappa shape index (κ2) is 8.71. The van der Waals surface area contributed by atoms with E-state index in [0.717, 1.165) is 58.9 Å². The Morgan fingerprint density at radius 2 is 1.81 bits per heavy atom. The molecule has 2 N–H and O–H groups in total. The minimum absolute atomic E-state index is 0.269. The number of carbonyl (C=O) groups excluding carboxylic acids is 1. The fourth-order valence-electron chi connectivity index (χ4n) is 4.38. The second-order valence-corrected chi connectivity index (χ2v) is 8.15. The molecule has 0 aliphatic carbocycles. The Morgan fingerprint density at radius 3 is 2.66 bits per heavy atom. The summed E-state index contributed by atoms with van der Waals surface area (Å²) in [6.07, 6.45) is 3.76. The Labute approximate surface area is 188 Å². The van der Waals surface area contributed by atoms with Gasteiger partial charge < -0.3 is 15.5 Å². The summed E-state index contributed by atoms with van der Waals surface area (Å²) in [5.41, 5.74) is 7.01. The first-order chi connectivity index (χ1) is 15.7. The maximum Gasteiger partial charge on any atom is 0.321 e. The van der Waals surface area contributed by atoms with Crippen LogP contribution in [0.15, 0.2) is 95.6 Å². The van der Waals surface area contributed by atoms with Gasteiger partial charge in [-0.3, -0.25) is 4.99 Å². The summed E-state index contributed by atoms with van der Waals surface area (Å²) in [7, 11) is 0. The van der Waals surface area contributed by atoms with E-state index in [-0.39, 0.29) is 6.03 Å². The summed E-state index contributed by atoms with van der Waals surface area (Å²) in [5.74, 6) is 0. The molecule has 5 heteroatoms. The number of amides is 2. The Hall–Kier alpha value is -3.86. The third kappa shape index (κ3) is 4.02. The second-order valence-electron chi connectivity index (χ2n) is 8.15. The van der Waals surface area contributed by atoms with E-state index in [1.165, 1.54) is 0 Å². The molecule has 0 saturated heterocycles. The van der Waals surface area contributed by atoms with Crippen molar-refractivity contribution < 1.29 is 4.79 Å². The average molecular weight is 423 g/mol. The third-order valence-corrected chi connectivity index (χ3v) is 5.83. The number of aliphatic imine (C=N–C) groups is 1. The van der Waals surface area contributed by atoms with Crippen molar-refractivity contribution >= 4 is 23.1 Å². The molecular formula is C27H26N4O. The molecule has 3 aromatic rings. The van der Waals surface area contributed by atoms with E-state index in [0.29, 0.717) is 0 Å². The lowest BCUT2D eigenvalue weighted by atomic mass is 10.00. The van der Waals surface area contributed by atoms with Crippen molar-refractivity contribution in [3.8, 4) is 0 Å². The van der Waals surface area contributed by atoms with Gasteiger partial charge in [0.05, 0.1) is 17.1 Å². The number of hydrogen-bond acceptors (Lipinski definition) is 3. The van der Waals surface area contributed by atoms with Crippen LogP contribution < -0.4 is 15.5 Å². The highest BCUT2D eigenvalue weighted by molar-refractivity contribution is 6.16. The summed E-state index contributed by atoms with van der Waals surface area (Å²) in [6.45, 7) is 2.91. The number of benzene rings is 3. The Kier molecular flexibility index (Phi) is 5.46. The Morgan fingerprint density at radius 1 is 1.00 bits per heavy atom. The number of hydrogen-bond donors (Lipinski definition) is 2. The molecule has 0 bridgehead atoms. The molecule has 1 atom stereocenters. The monoisotopic (exact) mass is 422 g/mol. The highest BCUT2D eigenvalue weighted by Crippen LogP contribution is 2.34. The van der Waals surface area contributed by atoms with Crippen molar-refractivity contribution in [2.24, 2.45) is 4.99 Å². The van der Waals surface area contributed by atoms with Gasteiger partial charge in [-0.15, -0.1) is 0 Å². The predicted molar refractivity (Wildman–Crippen MR) is 130 cm³/mol. The minimum Gasteiger partial charge on any atom is -0.341 e. The van der Waals surface area contributed by atoms with Crippen LogP contribution in [-0.4, -0.2) is 24.5 Å². The minimum atomic E-state index is -0.484. The van der Waals surface area contributed by atoms with Gasteiger partial charge in [0.1, 0.15) is 0 Å². The summed E-state index contributed by atoms with van der Waals surface area (Å²) >= 11 is 0. The van der Waals surface area contributed by atoms with Crippen molar-refractivity contribution in [2.45, 2.75) is 25.9 Å². The van der Waals surface area contributed by atoms with Crippen LogP contribution in [0, 0.1) is 6.92 Å². The lowest BCUT2D eigenvalue weighted by molar-refractivity contribution is 0.250. The van der Waals surface area contributed by atoms with Gasteiger partial charge in [-0.25, -0.2) is 4.79 Å². The largest absolute Gasteiger partial charge is 0.341 e. The predicted octanol–water partition coefficient (Wildman–Crippen LogP) is 5.48. The van der Waals surface area contributed by atoms with E-state index >= 15 is 0 Å². The average Bonchev–Trinajstić information content (AvgIpc) is 2.95. The van der Waals surface area contributed by atoms with Crippen LogP contribution in [0.5, 0.6) is 0 Å². The van der Waals surface area contributed by atoms with Gasteiger partial charge in [0, 0.05) is 23.4 Å². The normalized spacial score (nSPS) is 17.3. The number of fused-ring (bicyclic) bond motifs is 3. The van der Waals surface area contributed by atoms with Crippen molar-refractivity contribution in [3.05, 3.63) is 107 Å². The maximum absolute atomic E-state index is 13.0. The van der Waals surface area contributed by atoms with Crippen LogP contribution >= 0.6 is 0 Å². The van der Waals surface area contributed by atoms with Gasteiger partial charge in [-0.1, -0.05) is 66.7 Å². The van der Waals surface area contributed by atoms with Gasteiger partial charge in [0.25, 0.3) is 0 Å². The smallest absolute Gasteiger partial charge is 0.321 e. The fraction of sp³-hybridized carbons (Fsp3) is 0.185. The molecule has 2 heterocycles. The number of rotatable bonds is 3. The van der Waals surface area contributed by atoms with Crippen LogP contribution in [0.2, 0.25) is 0 Å². The van der Waals surface area contributed by atoms with E-state index in [1.54, 1.807) is 0 Å². The van der Waals surface area contributed by atoms with E-state index in [9.17, 15) is 4.79 Å². The molecule has 2 aliphatic rings. The zero-order valence-electron chi connectivity index (χ0n) is 18.1. The van der Waals surface area contributed by atoms with Gasteiger partial charge >= 0.3 is 6.03 Å². The Bertz CT molecular complexity index is 1200. The van der Waals surface area contributed by atoms with Crippen LogP contribution in [0.1, 0.15) is 29.5 Å².